The van der Waals surface area contributed by atoms with Gasteiger partial charge in [-0.15, -0.1) is 0 Å². The number of H-pyrrole nitrogens is 1. The van der Waals surface area contributed by atoms with E-state index in [1.807, 2.05) is 0 Å². The van der Waals surface area contributed by atoms with Crippen LogP contribution >= 0.6 is 0 Å². The number of nitrogens with zero attached hydrogens (tertiary/aromatic N) is 2. The topological polar surface area (TPSA) is 115 Å². The molecule has 1 fully saturated rings. The number of methoxy groups -OCH3 is 2. The summed E-state index contributed by atoms with van der Waals surface area (Å²) in [6.07, 6.45) is 1.93. The van der Waals surface area contributed by atoms with Gasteiger partial charge in [0, 0.05) is 29.9 Å². The number of anilines is 1. The van der Waals surface area contributed by atoms with Crippen LogP contribution in [0.1, 0.15) is 41.7 Å². The highest BCUT2D eigenvalue weighted by Gasteiger charge is 2.28. The molecule has 30 heavy (non-hydrogen) atoms. The SMILES string of the molecule is CCn1c(=O)[nH]c(=O)c2c(C(=O)Nc3ccc(OC)c(OC)c3)cc(C3CC3)nc21. The summed E-state index contributed by atoms with van der Waals surface area (Å²) in [7, 11) is 3.03. The Bertz CT molecular complexity index is 1260. The van der Waals surface area contributed by atoms with Gasteiger partial charge in [0.1, 0.15) is 0 Å². The highest BCUT2D eigenvalue weighted by atomic mass is 16.5. The van der Waals surface area contributed by atoms with Crippen molar-refractivity contribution in [1.29, 1.82) is 0 Å². The molecular weight excluding hydrogens is 388 g/mol. The van der Waals surface area contributed by atoms with Crippen molar-refractivity contribution in [2.75, 3.05) is 19.5 Å². The summed E-state index contributed by atoms with van der Waals surface area (Å²) in [5.41, 5.74) is 0.435. The van der Waals surface area contributed by atoms with Crippen molar-refractivity contribution in [2.45, 2.75) is 32.2 Å². The zero-order valence-electron chi connectivity index (χ0n) is 16.9. The molecule has 1 aliphatic rings. The Hall–Kier alpha value is -3.62. The molecule has 0 unspecified atom stereocenters. The number of carbonyl (C=O) groups is 1. The summed E-state index contributed by atoms with van der Waals surface area (Å²) in [6, 6.07) is 6.64. The Labute approximate surface area is 171 Å². The molecule has 2 aromatic heterocycles. The van der Waals surface area contributed by atoms with Crippen molar-refractivity contribution >= 4 is 22.6 Å². The summed E-state index contributed by atoms with van der Waals surface area (Å²) < 4.78 is 11.9. The van der Waals surface area contributed by atoms with E-state index in [0.717, 1.165) is 12.8 Å². The molecule has 1 aliphatic carbocycles. The number of carbonyl (C=O) groups excluding carboxylic acids is 1. The second-order valence-corrected chi connectivity index (χ2v) is 7.09. The third-order valence-electron chi connectivity index (χ3n) is 5.17. The number of fused-ring (bicyclic) bond motifs is 1. The van der Waals surface area contributed by atoms with Gasteiger partial charge in [-0.25, -0.2) is 9.78 Å². The normalized spacial score (nSPS) is 13.3. The molecule has 3 aromatic rings. The van der Waals surface area contributed by atoms with Crippen LogP contribution in [-0.2, 0) is 6.54 Å². The summed E-state index contributed by atoms with van der Waals surface area (Å²) in [4.78, 5) is 44.8. The number of hydrogen-bond donors (Lipinski definition) is 2. The van der Waals surface area contributed by atoms with Crippen LogP contribution in [0.3, 0.4) is 0 Å². The third kappa shape index (κ3) is 3.42. The van der Waals surface area contributed by atoms with E-state index in [1.54, 1.807) is 31.2 Å². The number of ether oxygens (including phenoxy) is 2. The first-order valence-electron chi connectivity index (χ1n) is 9.68. The van der Waals surface area contributed by atoms with Gasteiger partial charge in [-0.3, -0.25) is 19.1 Å². The molecule has 0 aliphatic heterocycles. The highest BCUT2D eigenvalue weighted by Crippen LogP contribution is 2.40. The lowest BCUT2D eigenvalue weighted by molar-refractivity contribution is 0.102. The van der Waals surface area contributed by atoms with E-state index in [0.29, 0.717) is 29.4 Å². The first-order valence-corrected chi connectivity index (χ1v) is 9.68. The average Bonchev–Trinajstić information content (AvgIpc) is 3.58. The summed E-state index contributed by atoms with van der Waals surface area (Å²) >= 11 is 0. The molecule has 1 amide bonds. The van der Waals surface area contributed by atoms with Crippen molar-refractivity contribution in [1.82, 2.24) is 14.5 Å². The first-order chi connectivity index (χ1) is 14.5. The van der Waals surface area contributed by atoms with Crippen LogP contribution in [0, 0.1) is 0 Å². The van der Waals surface area contributed by atoms with E-state index >= 15 is 0 Å². The quantitative estimate of drug-likeness (QED) is 0.644. The van der Waals surface area contributed by atoms with E-state index < -0.39 is 17.2 Å². The molecule has 0 atom stereocenters. The number of aromatic nitrogens is 3. The van der Waals surface area contributed by atoms with Crippen molar-refractivity contribution in [3.05, 3.63) is 56.4 Å². The number of hydrogen-bond acceptors (Lipinski definition) is 6. The Kier molecular flexibility index (Phi) is 5.03. The molecule has 2 heterocycles. The lowest BCUT2D eigenvalue weighted by Gasteiger charge is -2.13. The number of nitrogens with one attached hydrogen (secondary N) is 2. The molecule has 1 aromatic carbocycles. The van der Waals surface area contributed by atoms with E-state index in [4.69, 9.17) is 9.47 Å². The van der Waals surface area contributed by atoms with Crippen molar-refractivity contribution in [3.63, 3.8) is 0 Å². The Morgan fingerprint density at radius 2 is 1.93 bits per heavy atom. The standard InChI is InChI=1S/C21H22N4O5/c1-4-25-18-17(20(27)24-21(25)28)13(10-14(23-18)11-5-6-11)19(26)22-12-7-8-15(29-2)16(9-12)30-3/h7-11H,4-6H2,1-3H3,(H,22,26)(H,24,27,28). The summed E-state index contributed by atoms with van der Waals surface area (Å²) in [5.74, 6) is 0.764. The van der Waals surface area contributed by atoms with Crippen LogP contribution in [0.25, 0.3) is 11.0 Å². The molecule has 1 saturated carbocycles. The van der Waals surface area contributed by atoms with Crippen LogP contribution in [0.15, 0.2) is 33.9 Å². The monoisotopic (exact) mass is 410 g/mol. The zero-order chi connectivity index (χ0) is 21.4. The highest BCUT2D eigenvalue weighted by molar-refractivity contribution is 6.12. The number of rotatable bonds is 6. The molecule has 0 spiro atoms. The molecule has 4 rings (SSSR count). The minimum absolute atomic E-state index is 0.0961. The van der Waals surface area contributed by atoms with Crippen molar-refractivity contribution < 1.29 is 14.3 Å². The number of amides is 1. The number of pyridine rings is 1. The van der Waals surface area contributed by atoms with Gasteiger partial charge in [-0.2, -0.15) is 0 Å². The van der Waals surface area contributed by atoms with E-state index in [2.05, 4.69) is 15.3 Å². The second kappa shape index (κ2) is 7.66. The predicted molar refractivity (Wildman–Crippen MR) is 112 cm³/mol. The third-order valence-corrected chi connectivity index (χ3v) is 5.17. The van der Waals surface area contributed by atoms with Gasteiger partial charge in [0.05, 0.1) is 25.2 Å². The van der Waals surface area contributed by atoms with E-state index in [-0.39, 0.29) is 22.5 Å². The van der Waals surface area contributed by atoms with Gasteiger partial charge < -0.3 is 14.8 Å². The van der Waals surface area contributed by atoms with Crippen molar-refractivity contribution in [2.24, 2.45) is 0 Å². The second-order valence-electron chi connectivity index (χ2n) is 7.09. The predicted octanol–water partition coefficient (Wildman–Crippen LogP) is 2.25. The molecule has 2 N–H and O–H groups in total. The summed E-state index contributed by atoms with van der Waals surface area (Å²) in [6.45, 7) is 2.11. The fourth-order valence-electron chi connectivity index (χ4n) is 3.47. The zero-order valence-corrected chi connectivity index (χ0v) is 16.9. The Balaban J connectivity index is 1.84. The maximum Gasteiger partial charge on any atom is 0.329 e. The fraction of sp³-hybridized carbons (Fsp3) is 0.333. The van der Waals surface area contributed by atoms with Crippen LogP contribution in [0.4, 0.5) is 5.69 Å². The number of aromatic amines is 1. The van der Waals surface area contributed by atoms with E-state index in [9.17, 15) is 14.4 Å². The lowest BCUT2D eigenvalue weighted by atomic mass is 10.1. The molecule has 0 radical (unpaired) electrons. The molecule has 9 nitrogen and oxygen atoms in total. The van der Waals surface area contributed by atoms with Gasteiger partial charge in [-0.1, -0.05) is 0 Å². The summed E-state index contributed by atoms with van der Waals surface area (Å²) in [5, 5.41) is 2.90. The molecule has 0 saturated heterocycles. The van der Waals surface area contributed by atoms with Crippen LogP contribution < -0.4 is 26.0 Å². The van der Waals surface area contributed by atoms with Gasteiger partial charge in [0.2, 0.25) is 0 Å². The van der Waals surface area contributed by atoms with Gasteiger partial charge in [0.15, 0.2) is 17.1 Å². The molecule has 9 heteroatoms. The lowest BCUT2D eigenvalue weighted by Crippen LogP contribution is -2.32. The molecule has 0 bridgehead atoms. The fourth-order valence-corrected chi connectivity index (χ4v) is 3.47. The first kappa shape index (κ1) is 19.7. The van der Waals surface area contributed by atoms with Crippen molar-refractivity contribution in [3.8, 4) is 11.5 Å². The van der Waals surface area contributed by atoms with Crippen LogP contribution in [0.2, 0.25) is 0 Å². The largest absolute Gasteiger partial charge is 0.493 e. The smallest absolute Gasteiger partial charge is 0.329 e. The van der Waals surface area contributed by atoms with E-state index in [1.165, 1.54) is 18.8 Å². The Morgan fingerprint density at radius 3 is 2.57 bits per heavy atom. The maximum absolute atomic E-state index is 13.2. The minimum atomic E-state index is -0.632. The van der Waals surface area contributed by atoms with Gasteiger partial charge in [-0.05, 0) is 38.0 Å². The van der Waals surface area contributed by atoms with Crippen LogP contribution in [0.5, 0.6) is 11.5 Å². The maximum atomic E-state index is 13.2. The molecular formula is C21H22N4O5. The molecule has 156 valence electrons. The van der Waals surface area contributed by atoms with Crippen LogP contribution in [-0.4, -0.2) is 34.7 Å². The number of benzene rings is 1. The minimum Gasteiger partial charge on any atom is -0.493 e. The Morgan fingerprint density at radius 1 is 1.20 bits per heavy atom. The van der Waals surface area contributed by atoms with Gasteiger partial charge in [0.25, 0.3) is 11.5 Å². The average molecular weight is 410 g/mol. The van der Waals surface area contributed by atoms with Gasteiger partial charge >= 0.3 is 5.69 Å². The number of aryl methyl sites for hydroxylation is 1.